The molecule has 2 fully saturated rings. The molecule has 2 aliphatic rings. The first-order valence-electron chi connectivity index (χ1n) is 10.2. The number of benzene rings is 1. The highest BCUT2D eigenvalue weighted by atomic mass is 127. The molecule has 28 heavy (non-hydrogen) atoms. The highest BCUT2D eigenvalue weighted by Crippen LogP contribution is 2.21. The molecule has 6 nitrogen and oxygen atoms in total. The van der Waals surface area contributed by atoms with Crippen molar-refractivity contribution < 1.29 is 4.79 Å². The Bertz CT molecular complexity index is 639. The summed E-state index contributed by atoms with van der Waals surface area (Å²) in [6, 6.07) is 11.2. The summed E-state index contributed by atoms with van der Waals surface area (Å²) in [5, 5.41) is 3.59. The predicted octanol–water partition coefficient (Wildman–Crippen LogP) is 2.43. The Balaban J connectivity index is 0.00000280. The summed E-state index contributed by atoms with van der Waals surface area (Å²) in [6.45, 7) is 4.94. The maximum absolute atomic E-state index is 11.3. The third kappa shape index (κ3) is 6.62. The topological polar surface area (TPSA) is 74.0 Å². The van der Waals surface area contributed by atoms with Gasteiger partial charge in [-0.15, -0.1) is 24.0 Å². The Morgan fingerprint density at radius 3 is 2.68 bits per heavy atom. The second kappa shape index (κ2) is 11.6. The number of hydrogen-bond acceptors (Lipinski definition) is 3. The Labute approximate surface area is 186 Å². The van der Waals surface area contributed by atoms with Crippen LogP contribution in [0.4, 0.5) is 0 Å². The molecule has 2 heterocycles. The Kier molecular flexibility index (Phi) is 9.50. The third-order valence-electron chi connectivity index (χ3n) is 5.74. The van der Waals surface area contributed by atoms with Gasteiger partial charge in [0.1, 0.15) is 0 Å². The molecule has 3 N–H and O–H groups in total. The lowest BCUT2D eigenvalue weighted by Gasteiger charge is -2.35. The molecule has 1 amide bonds. The molecule has 2 atom stereocenters. The van der Waals surface area contributed by atoms with Crippen molar-refractivity contribution >= 4 is 35.8 Å². The van der Waals surface area contributed by atoms with E-state index in [2.05, 4.69) is 50.4 Å². The van der Waals surface area contributed by atoms with Gasteiger partial charge >= 0.3 is 0 Å². The van der Waals surface area contributed by atoms with Gasteiger partial charge in [-0.2, -0.15) is 0 Å². The Morgan fingerprint density at radius 2 is 1.96 bits per heavy atom. The van der Waals surface area contributed by atoms with Gasteiger partial charge in [0, 0.05) is 45.7 Å². The zero-order chi connectivity index (χ0) is 19.1. The normalized spacial score (nSPS) is 23.3. The molecule has 2 aliphatic heterocycles. The van der Waals surface area contributed by atoms with Gasteiger partial charge in [0.25, 0.3) is 0 Å². The van der Waals surface area contributed by atoms with Crippen LogP contribution in [0, 0.1) is 5.92 Å². The van der Waals surface area contributed by atoms with Crippen molar-refractivity contribution in [2.75, 3.05) is 33.2 Å². The SMILES string of the molecule is CN=C(NCC1CCCN1Cc1ccccc1)N1CCCC(CC(N)=O)C1.I. The Hall–Kier alpha value is -1.35. The predicted molar refractivity (Wildman–Crippen MR) is 125 cm³/mol. The van der Waals surface area contributed by atoms with Crippen molar-refractivity contribution in [2.45, 2.75) is 44.7 Å². The van der Waals surface area contributed by atoms with Crippen molar-refractivity contribution in [1.29, 1.82) is 0 Å². The van der Waals surface area contributed by atoms with Crippen LogP contribution in [0.5, 0.6) is 0 Å². The number of carbonyl (C=O) groups excluding carboxylic acids is 1. The number of carbonyl (C=O) groups is 1. The van der Waals surface area contributed by atoms with E-state index >= 15 is 0 Å². The minimum Gasteiger partial charge on any atom is -0.370 e. The lowest BCUT2D eigenvalue weighted by atomic mass is 9.95. The van der Waals surface area contributed by atoms with Gasteiger partial charge in [-0.05, 0) is 43.7 Å². The number of guanidine groups is 1. The van der Waals surface area contributed by atoms with E-state index in [1.807, 2.05) is 7.05 Å². The molecule has 7 heteroatoms. The molecule has 2 saturated heterocycles. The summed E-state index contributed by atoms with van der Waals surface area (Å²) in [5.41, 5.74) is 6.76. The van der Waals surface area contributed by atoms with Gasteiger partial charge in [-0.25, -0.2) is 0 Å². The number of likely N-dealkylation sites (tertiary alicyclic amines) is 2. The van der Waals surface area contributed by atoms with E-state index in [0.29, 0.717) is 18.4 Å². The van der Waals surface area contributed by atoms with E-state index in [1.165, 1.54) is 18.4 Å². The lowest BCUT2D eigenvalue weighted by Crippen LogP contribution is -2.50. The van der Waals surface area contributed by atoms with E-state index in [-0.39, 0.29) is 29.9 Å². The van der Waals surface area contributed by atoms with Crippen LogP contribution in [0.25, 0.3) is 0 Å². The molecule has 3 rings (SSSR count). The van der Waals surface area contributed by atoms with Crippen molar-refractivity contribution in [3.63, 3.8) is 0 Å². The number of primary amides is 1. The number of piperidine rings is 1. The smallest absolute Gasteiger partial charge is 0.217 e. The van der Waals surface area contributed by atoms with Gasteiger partial charge in [0.15, 0.2) is 5.96 Å². The molecule has 1 aromatic carbocycles. The molecular weight excluding hydrogens is 465 g/mol. The molecule has 0 radical (unpaired) electrons. The number of nitrogens with zero attached hydrogens (tertiary/aromatic N) is 3. The molecule has 0 bridgehead atoms. The van der Waals surface area contributed by atoms with E-state index in [1.54, 1.807) is 0 Å². The molecule has 156 valence electrons. The lowest BCUT2D eigenvalue weighted by molar-refractivity contribution is -0.119. The van der Waals surface area contributed by atoms with E-state index in [9.17, 15) is 4.79 Å². The fraction of sp³-hybridized carbons (Fsp3) is 0.619. The average molecular weight is 499 g/mol. The third-order valence-corrected chi connectivity index (χ3v) is 5.74. The first-order chi connectivity index (χ1) is 13.2. The minimum absolute atomic E-state index is 0. The monoisotopic (exact) mass is 499 g/mol. The summed E-state index contributed by atoms with van der Waals surface area (Å²) in [7, 11) is 1.84. The standard InChI is InChI=1S/C21H33N5O.HI/c1-23-21(26-12-5-9-18(16-26)13-20(22)27)24-14-19-10-6-11-25(19)15-17-7-3-2-4-8-17;/h2-4,7-8,18-19H,5-6,9-16H2,1H3,(H2,22,27)(H,23,24);1H. The van der Waals surface area contributed by atoms with Crippen LogP contribution in [0.1, 0.15) is 37.7 Å². The number of nitrogens with two attached hydrogens (primary N) is 1. The number of amides is 1. The zero-order valence-corrected chi connectivity index (χ0v) is 19.2. The van der Waals surface area contributed by atoms with Crippen LogP contribution >= 0.6 is 24.0 Å². The quantitative estimate of drug-likeness (QED) is 0.358. The molecule has 0 aliphatic carbocycles. The van der Waals surface area contributed by atoms with E-state index < -0.39 is 0 Å². The fourth-order valence-corrected chi connectivity index (χ4v) is 4.40. The van der Waals surface area contributed by atoms with Gasteiger partial charge in [0.05, 0.1) is 0 Å². The molecule has 2 unspecified atom stereocenters. The maximum Gasteiger partial charge on any atom is 0.217 e. The summed E-state index contributed by atoms with van der Waals surface area (Å²) in [5.74, 6) is 1.10. The highest BCUT2D eigenvalue weighted by molar-refractivity contribution is 14.0. The van der Waals surface area contributed by atoms with E-state index in [4.69, 9.17) is 5.73 Å². The number of hydrogen-bond donors (Lipinski definition) is 2. The van der Waals surface area contributed by atoms with Crippen LogP contribution in [0.3, 0.4) is 0 Å². The first-order valence-corrected chi connectivity index (χ1v) is 10.2. The Morgan fingerprint density at radius 1 is 1.21 bits per heavy atom. The van der Waals surface area contributed by atoms with Crippen molar-refractivity contribution in [1.82, 2.24) is 15.1 Å². The number of nitrogens with one attached hydrogen (secondary N) is 1. The second-order valence-electron chi connectivity index (χ2n) is 7.80. The van der Waals surface area contributed by atoms with Crippen LogP contribution in [-0.2, 0) is 11.3 Å². The molecule has 0 aromatic heterocycles. The summed E-state index contributed by atoms with van der Waals surface area (Å²) >= 11 is 0. The first kappa shape index (κ1) is 22.9. The number of halogens is 1. The molecule has 1 aromatic rings. The van der Waals surface area contributed by atoms with E-state index in [0.717, 1.165) is 51.5 Å². The zero-order valence-electron chi connectivity index (χ0n) is 16.8. The molecule has 0 spiro atoms. The minimum atomic E-state index is -0.202. The average Bonchev–Trinajstić information content (AvgIpc) is 3.10. The second-order valence-corrected chi connectivity index (χ2v) is 7.80. The maximum atomic E-state index is 11.3. The highest BCUT2D eigenvalue weighted by Gasteiger charge is 2.27. The van der Waals surface area contributed by atoms with Gasteiger partial charge in [0.2, 0.25) is 5.91 Å². The number of aliphatic imine (C=N–C) groups is 1. The van der Waals surface area contributed by atoms with Crippen molar-refractivity contribution in [2.24, 2.45) is 16.6 Å². The fourth-order valence-electron chi connectivity index (χ4n) is 4.40. The van der Waals surface area contributed by atoms with Crippen molar-refractivity contribution in [3.05, 3.63) is 35.9 Å². The largest absolute Gasteiger partial charge is 0.370 e. The van der Waals surface area contributed by atoms with Crippen LogP contribution in [0.15, 0.2) is 35.3 Å². The molecule has 0 saturated carbocycles. The van der Waals surface area contributed by atoms with Gasteiger partial charge < -0.3 is 16.0 Å². The van der Waals surface area contributed by atoms with Crippen molar-refractivity contribution in [3.8, 4) is 0 Å². The van der Waals surface area contributed by atoms with Crippen LogP contribution in [-0.4, -0.2) is 60.9 Å². The van der Waals surface area contributed by atoms with Crippen LogP contribution in [0.2, 0.25) is 0 Å². The van der Waals surface area contributed by atoms with Crippen LogP contribution < -0.4 is 11.1 Å². The molecular formula is C21H34IN5O. The summed E-state index contributed by atoms with van der Waals surface area (Å²) < 4.78 is 0. The van der Waals surface area contributed by atoms with Gasteiger partial charge in [-0.3, -0.25) is 14.7 Å². The van der Waals surface area contributed by atoms with Gasteiger partial charge in [-0.1, -0.05) is 30.3 Å². The summed E-state index contributed by atoms with van der Waals surface area (Å²) in [6.07, 6.45) is 5.11. The number of rotatable bonds is 6. The summed E-state index contributed by atoms with van der Waals surface area (Å²) in [4.78, 5) is 20.6.